The van der Waals surface area contributed by atoms with Gasteiger partial charge in [0.05, 0.1) is 11.0 Å². The third kappa shape index (κ3) is 3.60. The van der Waals surface area contributed by atoms with Crippen LogP contribution in [-0.2, 0) is 0 Å². The summed E-state index contributed by atoms with van der Waals surface area (Å²) in [6.07, 6.45) is -0.594. The molecule has 0 fully saturated rings. The molecular weight excluding hydrogens is 308 g/mol. The zero-order valence-corrected chi connectivity index (χ0v) is 12.4. The Labute approximate surface area is 131 Å². The number of benzene rings is 2. The van der Waals surface area contributed by atoms with Crippen LogP contribution in [0.4, 0.5) is 11.4 Å². The number of anilines is 1. The van der Waals surface area contributed by atoms with Crippen molar-refractivity contribution in [2.45, 2.75) is 13.0 Å². The monoisotopic (exact) mass is 320 g/mol. The molecular formula is C15H13ClN2O4. The highest BCUT2D eigenvalue weighted by molar-refractivity contribution is 6.32. The van der Waals surface area contributed by atoms with Gasteiger partial charge in [-0.25, -0.2) is 0 Å². The van der Waals surface area contributed by atoms with E-state index in [1.54, 1.807) is 31.2 Å². The SMILES string of the molecule is CC(O)c1ccc(NC(=O)c2ccc(Cl)c([N+](=O)[O-])c2)cc1. The summed E-state index contributed by atoms with van der Waals surface area (Å²) in [5.41, 5.74) is 1.06. The number of carbonyl (C=O) groups is 1. The van der Waals surface area contributed by atoms with Crippen LogP contribution in [0, 0.1) is 10.1 Å². The molecule has 0 spiro atoms. The quantitative estimate of drug-likeness (QED) is 0.665. The van der Waals surface area contributed by atoms with Crippen molar-refractivity contribution in [3.05, 3.63) is 68.7 Å². The van der Waals surface area contributed by atoms with Gasteiger partial charge in [0.15, 0.2) is 0 Å². The van der Waals surface area contributed by atoms with E-state index in [0.717, 1.165) is 11.6 Å². The predicted octanol–water partition coefficient (Wildman–Crippen LogP) is 3.55. The second-order valence-corrected chi connectivity index (χ2v) is 5.08. The molecule has 0 aliphatic carbocycles. The normalized spacial score (nSPS) is 11.8. The zero-order valence-electron chi connectivity index (χ0n) is 11.6. The van der Waals surface area contributed by atoms with E-state index in [0.29, 0.717) is 5.69 Å². The fraction of sp³-hybridized carbons (Fsp3) is 0.133. The van der Waals surface area contributed by atoms with Gasteiger partial charge < -0.3 is 10.4 Å². The first-order valence-electron chi connectivity index (χ1n) is 6.42. The van der Waals surface area contributed by atoms with E-state index in [9.17, 15) is 20.0 Å². The molecule has 2 aromatic rings. The molecule has 1 unspecified atom stereocenters. The van der Waals surface area contributed by atoms with Crippen LogP contribution in [0.15, 0.2) is 42.5 Å². The van der Waals surface area contributed by atoms with Crippen LogP contribution >= 0.6 is 11.6 Å². The summed E-state index contributed by atoms with van der Waals surface area (Å²) in [7, 11) is 0. The standard InChI is InChI=1S/C15H13ClN2O4/c1-9(19)10-2-5-12(6-3-10)17-15(20)11-4-7-13(16)14(8-11)18(21)22/h2-9,19H,1H3,(H,17,20). The molecule has 0 aromatic heterocycles. The van der Waals surface area contributed by atoms with E-state index in [2.05, 4.69) is 5.32 Å². The summed E-state index contributed by atoms with van der Waals surface area (Å²) in [4.78, 5) is 22.3. The zero-order chi connectivity index (χ0) is 16.3. The molecule has 0 aliphatic heterocycles. The van der Waals surface area contributed by atoms with Crippen molar-refractivity contribution in [2.75, 3.05) is 5.32 Å². The number of nitrogens with one attached hydrogen (secondary N) is 1. The maximum absolute atomic E-state index is 12.1. The van der Waals surface area contributed by atoms with E-state index in [1.165, 1.54) is 12.1 Å². The van der Waals surface area contributed by atoms with Crippen LogP contribution < -0.4 is 5.32 Å². The summed E-state index contributed by atoms with van der Waals surface area (Å²) in [5.74, 6) is -0.482. The number of aliphatic hydroxyl groups is 1. The van der Waals surface area contributed by atoms with Gasteiger partial charge in [0.25, 0.3) is 11.6 Å². The van der Waals surface area contributed by atoms with Crippen molar-refractivity contribution in [3.63, 3.8) is 0 Å². The lowest BCUT2D eigenvalue weighted by Crippen LogP contribution is -2.12. The Balaban J connectivity index is 2.18. The van der Waals surface area contributed by atoms with Crippen LogP contribution in [-0.4, -0.2) is 15.9 Å². The van der Waals surface area contributed by atoms with Gasteiger partial charge in [0, 0.05) is 17.3 Å². The largest absolute Gasteiger partial charge is 0.389 e. The van der Waals surface area contributed by atoms with Crippen LogP contribution in [0.2, 0.25) is 5.02 Å². The van der Waals surface area contributed by atoms with E-state index in [4.69, 9.17) is 11.6 Å². The van der Waals surface area contributed by atoms with Crippen molar-refractivity contribution >= 4 is 28.9 Å². The van der Waals surface area contributed by atoms with E-state index in [1.807, 2.05) is 0 Å². The van der Waals surface area contributed by atoms with Gasteiger partial charge in [-0.15, -0.1) is 0 Å². The Bertz CT molecular complexity index is 714. The highest BCUT2D eigenvalue weighted by Crippen LogP contribution is 2.25. The minimum atomic E-state index is -0.642. The number of carbonyl (C=O) groups excluding carboxylic acids is 1. The third-order valence-corrected chi connectivity index (χ3v) is 3.38. The molecule has 0 radical (unpaired) electrons. The van der Waals surface area contributed by atoms with Crippen molar-refractivity contribution in [2.24, 2.45) is 0 Å². The fourth-order valence-electron chi connectivity index (χ4n) is 1.84. The van der Waals surface area contributed by atoms with Crippen LogP contribution in [0.3, 0.4) is 0 Å². The van der Waals surface area contributed by atoms with E-state index >= 15 is 0 Å². The molecule has 0 saturated heterocycles. The van der Waals surface area contributed by atoms with E-state index in [-0.39, 0.29) is 16.3 Å². The number of hydrogen-bond acceptors (Lipinski definition) is 4. The summed E-state index contributed by atoms with van der Waals surface area (Å²) in [6.45, 7) is 1.64. The smallest absolute Gasteiger partial charge is 0.288 e. The lowest BCUT2D eigenvalue weighted by atomic mass is 10.1. The molecule has 0 saturated carbocycles. The summed E-state index contributed by atoms with van der Waals surface area (Å²) < 4.78 is 0. The van der Waals surface area contributed by atoms with Gasteiger partial charge in [-0.2, -0.15) is 0 Å². The predicted molar refractivity (Wildman–Crippen MR) is 83.1 cm³/mol. The molecule has 6 nitrogen and oxygen atoms in total. The fourth-order valence-corrected chi connectivity index (χ4v) is 2.03. The topological polar surface area (TPSA) is 92.5 Å². The van der Waals surface area contributed by atoms with Gasteiger partial charge in [0.2, 0.25) is 0 Å². The molecule has 114 valence electrons. The van der Waals surface area contributed by atoms with Crippen LogP contribution in [0.5, 0.6) is 0 Å². The lowest BCUT2D eigenvalue weighted by Gasteiger charge is -2.08. The Morgan fingerprint density at radius 3 is 2.45 bits per heavy atom. The van der Waals surface area contributed by atoms with Gasteiger partial charge >= 0.3 is 0 Å². The van der Waals surface area contributed by atoms with Crippen molar-refractivity contribution in [1.82, 2.24) is 0 Å². The first-order valence-corrected chi connectivity index (χ1v) is 6.79. The molecule has 0 heterocycles. The number of nitro groups is 1. The molecule has 1 atom stereocenters. The van der Waals surface area contributed by atoms with Gasteiger partial charge in [-0.05, 0) is 36.8 Å². The minimum absolute atomic E-state index is 0.0252. The number of aliphatic hydroxyl groups excluding tert-OH is 1. The molecule has 1 amide bonds. The Morgan fingerprint density at radius 2 is 1.91 bits per heavy atom. The molecule has 0 bridgehead atoms. The number of halogens is 1. The van der Waals surface area contributed by atoms with Gasteiger partial charge in [0.1, 0.15) is 5.02 Å². The molecule has 2 N–H and O–H groups in total. The number of rotatable bonds is 4. The second-order valence-electron chi connectivity index (χ2n) is 4.68. The van der Waals surface area contributed by atoms with Crippen molar-refractivity contribution in [3.8, 4) is 0 Å². The summed E-state index contributed by atoms with van der Waals surface area (Å²) in [5, 5.41) is 22.8. The molecule has 7 heteroatoms. The summed E-state index contributed by atoms with van der Waals surface area (Å²) >= 11 is 5.71. The van der Waals surface area contributed by atoms with Crippen LogP contribution in [0.25, 0.3) is 0 Å². The molecule has 2 aromatic carbocycles. The molecule has 22 heavy (non-hydrogen) atoms. The number of nitrogens with zero attached hydrogens (tertiary/aromatic N) is 1. The van der Waals surface area contributed by atoms with Gasteiger partial charge in [-0.3, -0.25) is 14.9 Å². The number of amides is 1. The third-order valence-electron chi connectivity index (χ3n) is 3.06. The molecule has 2 rings (SSSR count). The first-order chi connectivity index (χ1) is 10.4. The highest BCUT2D eigenvalue weighted by Gasteiger charge is 2.16. The second kappa shape index (κ2) is 6.55. The lowest BCUT2D eigenvalue weighted by molar-refractivity contribution is -0.384. The maximum atomic E-state index is 12.1. The Hall–Kier alpha value is -2.44. The van der Waals surface area contributed by atoms with Crippen molar-refractivity contribution < 1.29 is 14.8 Å². The maximum Gasteiger partial charge on any atom is 0.288 e. The molecule has 0 aliphatic rings. The average Bonchev–Trinajstić information content (AvgIpc) is 2.47. The minimum Gasteiger partial charge on any atom is -0.389 e. The summed E-state index contributed by atoms with van der Waals surface area (Å²) in [6, 6.07) is 10.5. The van der Waals surface area contributed by atoms with Crippen molar-refractivity contribution in [1.29, 1.82) is 0 Å². The average molecular weight is 321 g/mol. The van der Waals surface area contributed by atoms with Crippen LogP contribution in [0.1, 0.15) is 28.9 Å². The van der Waals surface area contributed by atoms with E-state index < -0.39 is 16.9 Å². The van der Waals surface area contributed by atoms with Gasteiger partial charge in [-0.1, -0.05) is 23.7 Å². The Morgan fingerprint density at radius 1 is 1.27 bits per heavy atom. The Kier molecular flexibility index (Phi) is 4.75. The number of hydrogen-bond donors (Lipinski definition) is 2. The highest BCUT2D eigenvalue weighted by atomic mass is 35.5. The number of nitro benzene ring substituents is 1. The first kappa shape index (κ1) is 15.9.